The number of furan rings is 1. The molecule has 0 atom stereocenters. The third-order valence-electron chi connectivity index (χ3n) is 3.49. The molecule has 0 amide bonds. The van der Waals surface area contributed by atoms with Crippen molar-refractivity contribution in [1.82, 2.24) is 0 Å². The Morgan fingerprint density at radius 3 is 2.73 bits per heavy atom. The lowest BCUT2D eigenvalue weighted by Gasteiger charge is -2.25. The molecule has 1 saturated carbocycles. The second kappa shape index (κ2) is 4.19. The fourth-order valence-corrected chi connectivity index (χ4v) is 2.41. The van der Waals surface area contributed by atoms with Gasteiger partial charge in [-0.3, -0.25) is 4.79 Å². The van der Waals surface area contributed by atoms with Crippen molar-refractivity contribution in [3.63, 3.8) is 0 Å². The lowest BCUT2D eigenvalue weighted by molar-refractivity contribution is -0.127. The Balaban J connectivity index is 2.06. The summed E-state index contributed by atoms with van der Waals surface area (Å²) in [5, 5.41) is 0. The average Bonchev–Trinajstić information content (AvgIpc) is 2.87. The maximum absolute atomic E-state index is 12.1. The normalized spacial score (nSPS) is 19.3. The van der Waals surface area contributed by atoms with Crippen molar-refractivity contribution in [3.05, 3.63) is 24.2 Å². The van der Waals surface area contributed by atoms with Gasteiger partial charge in [-0.25, -0.2) is 0 Å². The summed E-state index contributed by atoms with van der Waals surface area (Å²) in [5.41, 5.74) is 6.47. The fourth-order valence-electron chi connectivity index (χ4n) is 2.41. The highest BCUT2D eigenvalue weighted by atomic mass is 16.3. The molecule has 2 N–H and O–H groups in total. The van der Waals surface area contributed by atoms with Gasteiger partial charge in [0.1, 0.15) is 5.78 Å². The smallest absolute Gasteiger partial charge is 0.144 e. The van der Waals surface area contributed by atoms with Gasteiger partial charge in [0.2, 0.25) is 0 Å². The van der Waals surface area contributed by atoms with Crippen LogP contribution in [0.15, 0.2) is 23.0 Å². The number of hydrogen-bond donors (Lipinski definition) is 1. The molecule has 1 heterocycles. The standard InChI is InChI=1S/C12H17NO2/c13-9-12(4-1-2-5-12)11(14)7-10-3-6-15-8-10/h3,6,8H,1-2,4-5,7,9,13H2. The van der Waals surface area contributed by atoms with Crippen LogP contribution in [0.4, 0.5) is 0 Å². The van der Waals surface area contributed by atoms with Crippen LogP contribution >= 0.6 is 0 Å². The Hall–Kier alpha value is -1.09. The van der Waals surface area contributed by atoms with Crippen molar-refractivity contribution in [2.45, 2.75) is 32.1 Å². The first kappa shape index (κ1) is 10.4. The second-order valence-corrected chi connectivity index (χ2v) is 4.42. The van der Waals surface area contributed by atoms with E-state index in [1.54, 1.807) is 12.5 Å². The molecule has 0 radical (unpaired) electrons. The van der Waals surface area contributed by atoms with Gasteiger partial charge in [0.25, 0.3) is 0 Å². The highest BCUT2D eigenvalue weighted by Crippen LogP contribution is 2.38. The zero-order valence-electron chi connectivity index (χ0n) is 8.87. The zero-order chi connectivity index (χ0) is 10.7. The van der Waals surface area contributed by atoms with Gasteiger partial charge >= 0.3 is 0 Å². The Bertz CT molecular complexity index is 323. The third-order valence-corrected chi connectivity index (χ3v) is 3.49. The molecular weight excluding hydrogens is 190 g/mol. The molecule has 3 heteroatoms. The number of ketones is 1. The van der Waals surface area contributed by atoms with E-state index in [4.69, 9.17) is 10.2 Å². The van der Waals surface area contributed by atoms with Crippen LogP contribution in [0.2, 0.25) is 0 Å². The van der Waals surface area contributed by atoms with Gasteiger partial charge in [-0.1, -0.05) is 12.8 Å². The number of Topliss-reactive ketones (excluding diaryl/α,β-unsaturated/α-hetero) is 1. The van der Waals surface area contributed by atoms with E-state index in [9.17, 15) is 4.79 Å². The molecule has 15 heavy (non-hydrogen) atoms. The first-order chi connectivity index (χ1) is 7.27. The molecule has 1 aliphatic rings. The maximum atomic E-state index is 12.1. The van der Waals surface area contributed by atoms with Gasteiger partial charge in [-0.05, 0) is 24.5 Å². The summed E-state index contributed by atoms with van der Waals surface area (Å²) >= 11 is 0. The van der Waals surface area contributed by atoms with Crippen molar-refractivity contribution in [3.8, 4) is 0 Å². The van der Waals surface area contributed by atoms with E-state index in [0.717, 1.165) is 31.2 Å². The van der Waals surface area contributed by atoms with Crippen LogP contribution in [-0.4, -0.2) is 12.3 Å². The maximum Gasteiger partial charge on any atom is 0.144 e. The summed E-state index contributed by atoms with van der Waals surface area (Å²) in [6, 6.07) is 1.84. The molecule has 0 aliphatic heterocycles. The number of nitrogens with two attached hydrogens (primary N) is 1. The van der Waals surface area contributed by atoms with Crippen molar-refractivity contribution >= 4 is 5.78 Å². The van der Waals surface area contributed by atoms with Crippen molar-refractivity contribution in [2.24, 2.45) is 11.1 Å². The van der Waals surface area contributed by atoms with Gasteiger partial charge in [0.15, 0.2) is 0 Å². The molecule has 3 nitrogen and oxygen atoms in total. The Morgan fingerprint density at radius 2 is 2.20 bits per heavy atom. The average molecular weight is 207 g/mol. The van der Waals surface area contributed by atoms with Crippen LogP contribution in [-0.2, 0) is 11.2 Å². The molecule has 0 spiro atoms. The minimum atomic E-state index is -0.239. The van der Waals surface area contributed by atoms with Gasteiger partial charge < -0.3 is 10.2 Å². The summed E-state index contributed by atoms with van der Waals surface area (Å²) in [7, 11) is 0. The molecule has 0 aromatic carbocycles. The van der Waals surface area contributed by atoms with E-state index in [1.165, 1.54) is 0 Å². The summed E-state index contributed by atoms with van der Waals surface area (Å²) in [4.78, 5) is 12.1. The van der Waals surface area contributed by atoms with Crippen LogP contribution in [0.1, 0.15) is 31.2 Å². The molecular formula is C12H17NO2. The Kier molecular flexibility index (Phi) is 2.91. The summed E-state index contributed by atoms with van der Waals surface area (Å²) < 4.78 is 4.96. The van der Waals surface area contributed by atoms with Gasteiger partial charge in [-0.2, -0.15) is 0 Å². The van der Waals surface area contributed by atoms with E-state index < -0.39 is 0 Å². The Labute approximate surface area is 89.6 Å². The van der Waals surface area contributed by atoms with Crippen molar-refractivity contribution in [2.75, 3.05) is 6.54 Å². The van der Waals surface area contributed by atoms with Crippen molar-refractivity contribution < 1.29 is 9.21 Å². The molecule has 0 saturated heterocycles. The van der Waals surface area contributed by atoms with E-state index in [-0.39, 0.29) is 11.2 Å². The highest BCUT2D eigenvalue weighted by Gasteiger charge is 2.39. The molecule has 2 rings (SSSR count). The zero-order valence-corrected chi connectivity index (χ0v) is 8.87. The van der Waals surface area contributed by atoms with Crippen LogP contribution in [0.25, 0.3) is 0 Å². The van der Waals surface area contributed by atoms with Crippen LogP contribution in [0.3, 0.4) is 0 Å². The lowest BCUT2D eigenvalue weighted by atomic mass is 9.79. The number of rotatable bonds is 4. The summed E-state index contributed by atoms with van der Waals surface area (Å²) in [6.45, 7) is 0.490. The minimum absolute atomic E-state index is 0.239. The number of carbonyl (C=O) groups excluding carboxylic acids is 1. The predicted molar refractivity (Wildman–Crippen MR) is 57.4 cm³/mol. The largest absolute Gasteiger partial charge is 0.472 e. The summed E-state index contributed by atoms with van der Waals surface area (Å²) in [5.74, 6) is 0.281. The predicted octanol–water partition coefficient (Wildman–Crippen LogP) is 1.91. The molecule has 1 aliphatic carbocycles. The topological polar surface area (TPSA) is 56.2 Å². The molecule has 0 unspecified atom stereocenters. The fraction of sp³-hybridized carbons (Fsp3) is 0.583. The first-order valence-corrected chi connectivity index (χ1v) is 5.51. The van der Waals surface area contributed by atoms with E-state index in [0.29, 0.717) is 13.0 Å². The summed E-state index contributed by atoms with van der Waals surface area (Å²) in [6.07, 6.45) is 7.89. The number of hydrogen-bond acceptors (Lipinski definition) is 3. The minimum Gasteiger partial charge on any atom is -0.472 e. The van der Waals surface area contributed by atoms with E-state index in [1.807, 2.05) is 6.07 Å². The lowest BCUT2D eigenvalue weighted by Crippen LogP contribution is -2.37. The van der Waals surface area contributed by atoms with Gasteiger partial charge in [0, 0.05) is 18.4 Å². The quantitative estimate of drug-likeness (QED) is 0.820. The molecule has 0 bridgehead atoms. The molecule has 1 aromatic rings. The number of carbonyl (C=O) groups is 1. The first-order valence-electron chi connectivity index (χ1n) is 5.51. The van der Waals surface area contributed by atoms with Crippen LogP contribution < -0.4 is 5.73 Å². The third kappa shape index (κ3) is 1.97. The molecule has 1 fully saturated rings. The van der Waals surface area contributed by atoms with Crippen molar-refractivity contribution in [1.29, 1.82) is 0 Å². The molecule has 82 valence electrons. The molecule has 1 aromatic heterocycles. The van der Waals surface area contributed by atoms with Crippen LogP contribution in [0.5, 0.6) is 0 Å². The SMILES string of the molecule is NCC1(C(=O)Cc2ccoc2)CCCC1. The Morgan fingerprint density at radius 1 is 1.47 bits per heavy atom. The van der Waals surface area contributed by atoms with E-state index in [2.05, 4.69) is 0 Å². The highest BCUT2D eigenvalue weighted by molar-refractivity contribution is 5.87. The van der Waals surface area contributed by atoms with Gasteiger partial charge in [-0.15, -0.1) is 0 Å². The van der Waals surface area contributed by atoms with E-state index >= 15 is 0 Å². The second-order valence-electron chi connectivity index (χ2n) is 4.42. The van der Waals surface area contributed by atoms with Gasteiger partial charge in [0.05, 0.1) is 12.5 Å². The van der Waals surface area contributed by atoms with Crippen LogP contribution in [0, 0.1) is 5.41 Å². The monoisotopic (exact) mass is 207 g/mol.